The average molecular weight is 138 g/mol. The van der Waals surface area contributed by atoms with Crippen molar-refractivity contribution >= 4 is 0 Å². The van der Waals surface area contributed by atoms with Crippen LogP contribution in [0.3, 0.4) is 0 Å². The smallest absolute Gasteiger partial charge is 0.0873 e. The van der Waals surface area contributed by atoms with Crippen LogP contribution in [0.4, 0.5) is 0 Å². The third-order valence-corrected chi connectivity index (χ3v) is 1.84. The second-order valence-corrected chi connectivity index (χ2v) is 2.82. The van der Waals surface area contributed by atoms with Gasteiger partial charge in [0.05, 0.1) is 5.69 Å². The van der Waals surface area contributed by atoms with Crippen LogP contribution < -0.4 is 5.73 Å². The second kappa shape index (κ2) is 1.79. The Morgan fingerprint density at radius 2 is 2.50 bits per heavy atom. The van der Waals surface area contributed by atoms with E-state index in [-0.39, 0.29) is 0 Å². The first-order valence-electron chi connectivity index (χ1n) is 3.39. The number of hydrogen-bond acceptors (Lipinski definition) is 3. The van der Waals surface area contributed by atoms with Crippen molar-refractivity contribution in [3.8, 4) is 0 Å². The van der Waals surface area contributed by atoms with Crippen LogP contribution in [0, 0.1) is 0 Å². The van der Waals surface area contributed by atoms with E-state index in [0.29, 0.717) is 12.0 Å². The Labute approximate surface area is 59.0 Å². The van der Waals surface area contributed by atoms with Crippen LogP contribution in [0.1, 0.15) is 18.0 Å². The molecule has 4 nitrogen and oxygen atoms in total. The number of aromatic nitrogens is 3. The summed E-state index contributed by atoms with van der Waals surface area (Å²) < 4.78 is 1.71. The summed E-state index contributed by atoms with van der Waals surface area (Å²) in [6.07, 6.45) is 3.00. The highest BCUT2D eigenvalue weighted by Gasteiger charge is 2.36. The van der Waals surface area contributed by atoms with Gasteiger partial charge in [0.2, 0.25) is 0 Å². The molecule has 0 radical (unpaired) electrons. The fraction of sp³-hybridized carbons (Fsp3) is 0.667. The Balaban J connectivity index is 2.20. The van der Waals surface area contributed by atoms with E-state index < -0.39 is 0 Å². The highest BCUT2D eigenvalue weighted by Crippen LogP contribution is 2.37. The molecule has 2 N–H and O–H groups in total. The summed E-state index contributed by atoms with van der Waals surface area (Å²) >= 11 is 0. The molecule has 0 unspecified atom stereocenters. The van der Waals surface area contributed by atoms with E-state index in [1.165, 1.54) is 0 Å². The first kappa shape index (κ1) is 5.85. The van der Waals surface area contributed by atoms with Crippen molar-refractivity contribution in [2.75, 3.05) is 0 Å². The van der Waals surface area contributed by atoms with Gasteiger partial charge < -0.3 is 5.73 Å². The maximum atomic E-state index is 5.63. The van der Waals surface area contributed by atoms with Gasteiger partial charge in [-0.05, 0) is 6.42 Å². The fourth-order valence-corrected chi connectivity index (χ4v) is 1.09. The maximum Gasteiger partial charge on any atom is 0.0873 e. The molecule has 1 aromatic rings. The molecule has 0 aromatic carbocycles. The first-order chi connectivity index (χ1) is 4.77. The predicted molar refractivity (Wildman–Crippen MR) is 36.3 cm³/mol. The van der Waals surface area contributed by atoms with Gasteiger partial charge in [0.1, 0.15) is 0 Å². The van der Waals surface area contributed by atoms with Crippen LogP contribution in [0.2, 0.25) is 0 Å². The van der Waals surface area contributed by atoms with E-state index in [9.17, 15) is 0 Å². The van der Waals surface area contributed by atoms with Crippen molar-refractivity contribution < 1.29 is 0 Å². The Hall–Kier alpha value is -0.900. The summed E-state index contributed by atoms with van der Waals surface area (Å²) in [6.45, 7) is 0. The summed E-state index contributed by atoms with van der Waals surface area (Å²) in [5.74, 6) is 0.480. The predicted octanol–water partition coefficient (Wildman–Crippen LogP) is -0.370. The minimum absolute atomic E-state index is 0.330. The Bertz CT molecular complexity index is 242. The fourth-order valence-electron chi connectivity index (χ4n) is 1.09. The SMILES string of the molecule is Cn1cc([C@@H]2C[C@H]2N)nn1. The summed E-state index contributed by atoms with van der Waals surface area (Å²) in [5.41, 5.74) is 6.67. The molecular formula is C6H10N4. The van der Waals surface area contributed by atoms with Crippen LogP contribution in [-0.4, -0.2) is 21.0 Å². The zero-order chi connectivity index (χ0) is 7.14. The lowest BCUT2D eigenvalue weighted by atomic mass is 10.3. The van der Waals surface area contributed by atoms with Crippen molar-refractivity contribution in [1.29, 1.82) is 0 Å². The third-order valence-electron chi connectivity index (χ3n) is 1.84. The monoisotopic (exact) mass is 138 g/mol. The van der Waals surface area contributed by atoms with Crippen molar-refractivity contribution in [1.82, 2.24) is 15.0 Å². The lowest BCUT2D eigenvalue weighted by Crippen LogP contribution is -2.00. The minimum atomic E-state index is 0.330. The van der Waals surface area contributed by atoms with Gasteiger partial charge in [-0.15, -0.1) is 5.10 Å². The Morgan fingerprint density at radius 1 is 1.80 bits per heavy atom. The molecule has 1 fully saturated rings. The molecule has 2 atom stereocenters. The third kappa shape index (κ3) is 0.806. The lowest BCUT2D eigenvalue weighted by Gasteiger charge is -1.84. The van der Waals surface area contributed by atoms with Gasteiger partial charge in [0, 0.05) is 25.2 Å². The van der Waals surface area contributed by atoms with Gasteiger partial charge >= 0.3 is 0 Å². The Morgan fingerprint density at radius 3 is 2.90 bits per heavy atom. The molecule has 0 saturated heterocycles. The number of nitrogens with two attached hydrogens (primary N) is 1. The van der Waals surface area contributed by atoms with E-state index in [2.05, 4.69) is 10.3 Å². The summed E-state index contributed by atoms with van der Waals surface area (Å²) in [4.78, 5) is 0. The molecule has 0 bridgehead atoms. The Kier molecular flexibility index (Phi) is 1.05. The van der Waals surface area contributed by atoms with Crippen LogP contribution >= 0.6 is 0 Å². The normalized spacial score (nSPS) is 30.6. The van der Waals surface area contributed by atoms with Gasteiger partial charge in [-0.1, -0.05) is 5.21 Å². The first-order valence-corrected chi connectivity index (χ1v) is 3.39. The summed E-state index contributed by atoms with van der Waals surface area (Å²) in [7, 11) is 1.87. The molecule has 0 amide bonds. The molecule has 1 aliphatic rings. The molecule has 2 rings (SSSR count). The molecule has 1 heterocycles. The number of nitrogens with zero attached hydrogens (tertiary/aromatic N) is 3. The molecule has 1 saturated carbocycles. The summed E-state index contributed by atoms with van der Waals surface area (Å²) in [5, 5.41) is 7.78. The molecular weight excluding hydrogens is 128 g/mol. The molecule has 1 aliphatic carbocycles. The van der Waals surface area contributed by atoms with Crippen LogP contribution in [0.15, 0.2) is 6.20 Å². The van der Waals surface area contributed by atoms with E-state index in [1.807, 2.05) is 13.2 Å². The zero-order valence-electron chi connectivity index (χ0n) is 5.86. The van der Waals surface area contributed by atoms with Crippen LogP contribution in [0.5, 0.6) is 0 Å². The van der Waals surface area contributed by atoms with Gasteiger partial charge in [0.25, 0.3) is 0 Å². The molecule has 54 valence electrons. The van der Waals surface area contributed by atoms with E-state index in [4.69, 9.17) is 5.73 Å². The van der Waals surface area contributed by atoms with Crippen LogP contribution in [-0.2, 0) is 7.05 Å². The largest absolute Gasteiger partial charge is 0.327 e. The maximum absolute atomic E-state index is 5.63. The highest BCUT2D eigenvalue weighted by molar-refractivity contribution is 5.16. The number of hydrogen-bond donors (Lipinski definition) is 1. The number of rotatable bonds is 1. The average Bonchev–Trinajstić information content (AvgIpc) is 2.42. The molecule has 1 aromatic heterocycles. The van der Waals surface area contributed by atoms with Gasteiger partial charge in [-0.25, -0.2) is 0 Å². The molecule has 10 heavy (non-hydrogen) atoms. The highest BCUT2D eigenvalue weighted by atomic mass is 15.4. The zero-order valence-corrected chi connectivity index (χ0v) is 5.86. The minimum Gasteiger partial charge on any atom is -0.327 e. The van der Waals surface area contributed by atoms with Crippen LogP contribution in [0.25, 0.3) is 0 Å². The van der Waals surface area contributed by atoms with E-state index in [0.717, 1.165) is 12.1 Å². The van der Waals surface area contributed by atoms with Crippen molar-refractivity contribution in [2.24, 2.45) is 12.8 Å². The summed E-state index contributed by atoms with van der Waals surface area (Å²) in [6, 6.07) is 0.330. The number of aryl methyl sites for hydroxylation is 1. The quantitative estimate of drug-likeness (QED) is 0.576. The molecule has 4 heteroatoms. The van der Waals surface area contributed by atoms with Crippen molar-refractivity contribution in [3.05, 3.63) is 11.9 Å². The van der Waals surface area contributed by atoms with Gasteiger partial charge in [-0.2, -0.15) is 0 Å². The molecule has 0 spiro atoms. The standard InChI is InChI=1S/C6H10N4/c1-10-3-6(8-9-10)4-2-5(4)7/h3-5H,2,7H2,1H3/t4-,5-/m1/s1. The van der Waals surface area contributed by atoms with Crippen molar-refractivity contribution in [3.63, 3.8) is 0 Å². The van der Waals surface area contributed by atoms with Crippen molar-refractivity contribution in [2.45, 2.75) is 18.4 Å². The topological polar surface area (TPSA) is 56.7 Å². The van der Waals surface area contributed by atoms with Gasteiger partial charge in [-0.3, -0.25) is 4.68 Å². The lowest BCUT2D eigenvalue weighted by molar-refractivity contribution is 0.713. The van der Waals surface area contributed by atoms with E-state index in [1.54, 1.807) is 4.68 Å². The second-order valence-electron chi connectivity index (χ2n) is 2.82. The van der Waals surface area contributed by atoms with Gasteiger partial charge in [0.15, 0.2) is 0 Å². The van der Waals surface area contributed by atoms with E-state index >= 15 is 0 Å². The molecule has 0 aliphatic heterocycles.